The highest BCUT2D eigenvalue weighted by Crippen LogP contribution is 2.25. The van der Waals surface area contributed by atoms with Gasteiger partial charge in [0, 0.05) is 24.0 Å². The zero-order valence-electron chi connectivity index (χ0n) is 12.1. The SMILES string of the molecule is Cc1ccc(F)cc1C(CN)N(C)Cc1scnc1C. The third-order valence-electron chi connectivity index (χ3n) is 3.59. The molecule has 1 atom stereocenters. The molecule has 0 aliphatic rings. The van der Waals surface area contributed by atoms with E-state index in [4.69, 9.17) is 5.73 Å². The molecule has 2 rings (SSSR count). The number of benzene rings is 1. The van der Waals surface area contributed by atoms with Crippen molar-refractivity contribution < 1.29 is 4.39 Å². The van der Waals surface area contributed by atoms with Gasteiger partial charge in [-0.25, -0.2) is 9.37 Å². The van der Waals surface area contributed by atoms with Gasteiger partial charge >= 0.3 is 0 Å². The first-order chi connectivity index (χ1) is 9.52. The third-order valence-corrected chi connectivity index (χ3v) is 4.51. The summed E-state index contributed by atoms with van der Waals surface area (Å²) in [6.07, 6.45) is 0. The minimum absolute atomic E-state index is 0.00667. The highest BCUT2D eigenvalue weighted by atomic mass is 32.1. The zero-order chi connectivity index (χ0) is 14.7. The number of aromatic nitrogens is 1. The van der Waals surface area contributed by atoms with E-state index in [1.54, 1.807) is 23.5 Å². The molecule has 0 fully saturated rings. The second-order valence-electron chi connectivity index (χ2n) is 5.03. The summed E-state index contributed by atoms with van der Waals surface area (Å²) in [5.74, 6) is -0.216. The van der Waals surface area contributed by atoms with Gasteiger partial charge < -0.3 is 5.73 Å². The third kappa shape index (κ3) is 3.23. The Hall–Kier alpha value is -1.30. The number of hydrogen-bond acceptors (Lipinski definition) is 4. The molecular formula is C15H20FN3S. The topological polar surface area (TPSA) is 42.1 Å². The number of halogens is 1. The fourth-order valence-electron chi connectivity index (χ4n) is 2.33. The van der Waals surface area contributed by atoms with Crippen LogP contribution in [0.25, 0.3) is 0 Å². The quantitative estimate of drug-likeness (QED) is 0.921. The Balaban J connectivity index is 2.23. The van der Waals surface area contributed by atoms with Crippen LogP contribution in [-0.2, 0) is 6.54 Å². The molecule has 1 unspecified atom stereocenters. The van der Waals surface area contributed by atoms with E-state index < -0.39 is 0 Å². The molecule has 3 nitrogen and oxygen atoms in total. The molecule has 0 radical (unpaired) electrons. The van der Waals surface area contributed by atoms with Crippen LogP contribution in [-0.4, -0.2) is 23.5 Å². The molecule has 0 aliphatic carbocycles. The Morgan fingerprint density at radius 3 is 2.75 bits per heavy atom. The maximum atomic E-state index is 13.5. The largest absolute Gasteiger partial charge is 0.329 e. The molecule has 108 valence electrons. The predicted molar refractivity (Wildman–Crippen MR) is 81.3 cm³/mol. The molecule has 0 bridgehead atoms. The average molecular weight is 293 g/mol. The van der Waals surface area contributed by atoms with Gasteiger partial charge in [-0.1, -0.05) is 6.07 Å². The van der Waals surface area contributed by atoms with Crippen LogP contribution in [0.15, 0.2) is 23.7 Å². The van der Waals surface area contributed by atoms with E-state index in [1.165, 1.54) is 10.9 Å². The van der Waals surface area contributed by atoms with Gasteiger partial charge in [0.1, 0.15) is 5.82 Å². The van der Waals surface area contributed by atoms with E-state index in [1.807, 2.05) is 26.4 Å². The van der Waals surface area contributed by atoms with Gasteiger partial charge in [0.15, 0.2) is 0 Å². The van der Waals surface area contributed by atoms with E-state index in [0.29, 0.717) is 6.54 Å². The van der Waals surface area contributed by atoms with Crippen LogP contribution >= 0.6 is 11.3 Å². The van der Waals surface area contributed by atoms with Crippen LogP contribution in [0.1, 0.15) is 27.7 Å². The zero-order valence-corrected chi connectivity index (χ0v) is 12.9. The summed E-state index contributed by atoms with van der Waals surface area (Å²) in [7, 11) is 2.01. The summed E-state index contributed by atoms with van der Waals surface area (Å²) in [4.78, 5) is 7.64. The smallest absolute Gasteiger partial charge is 0.123 e. The van der Waals surface area contributed by atoms with Crippen molar-refractivity contribution in [3.8, 4) is 0 Å². The van der Waals surface area contributed by atoms with Gasteiger partial charge in [0.25, 0.3) is 0 Å². The van der Waals surface area contributed by atoms with Crippen molar-refractivity contribution >= 4 is 11.3 Å². The fourth-order valence-corrected chi connectivity index (χ4v) is 3.17. The summed E-state index contributed by atoms with van der Waals surface area (Å²) in [6.45, 7) is 5.22. The minimum atomic E-state index is -0.216. The molecule has 20 heavy (non-hydrogen) atoms. The molecule has 0 spiro atoms. The van der Waals surface area contributed by atoms with E-state index in [-0.39, 0.29) is 11.9 Å². The van der Waals surface area contributed by atoms with Gasteiger partial charge in [-0.3, -0.25) is 4.90 Å². The van der Waals surface area contributed by atoms with Crippen molar-refractivity contribution in [2.75, 3.05) is 13.6 Å². The minimum Gasteiger partial charge on any atom is -0.329 e. The monoisotopic (exact) mass is 293 g/mol. The van der Waals surface area contributed by atoms with Crippen molar-refractivity contribution in [1.82, 2.24) is 9.88 Å². The van der Waals surface area contributed by atoms with Crippen LogP contribution in [0, 0.1) is 19.7 Å². The Morgan fingerprint density at radius 1 is 1.40 bits per heavy atom. The molecule has 1 aromatic heterocycles. The van der Waals surface area contributed by atoms with Crippen LogP contribution in [0.5, 0.6) is 0 Å². The molecule has 1 aromatic carbocycles. The summed E-state index contributed by atoms with van der Waals surface area (Å²) < 4.78 is 13.5. The van der Waals surface area contributed by atoms with Crippen molar-refractivity contribution in [1.29, 1.82) is 0 Å². The molecule has 5 heteroatoms. The molecular weight excluding hydrogens is 273 g/mol. The number of likely N-dealkylation sites (N-methyl/N-ethyl adjacent to an activating group) is 1. The Kier molecular flexibility index (Phi) is 4.86. The summed E-state index contributed by atoms with van der Waals surface area (Å²) in [5, 5.41) is 0. The second kappa shape index (κ2) is 6.43. The van der Waals surface area contributed by atoms with Gasteiger partial charge in [0.2, 0.25) is 0 Å². The molecule has 0 amide bonds. The molecule has 0 saturated heterocycles. The van der Waals surface area contributed by atoms with Crippen molar-refractivity contribution in [2.45, 2.75) is 26.4 Å². The lowest BCUT2D eigenvalue weighted by molar-refractivity contribution is 0.242. The number of rotatable bonds is 5. The highest BCUT2D eigenvalue weighted by Gasteiger charge is 2.19. The molecule has 0 aliphatic heterocycles. The summed E-state index contributed by atoms with van der Waals surface area (Å²) in [5.41, 5.74) is 10.8. The average Bonchev–Trinajstić information content (AvgIpc) is 2.80. The van der Waals surface area contributed by atoms with Crippen LogP contribution in [0.4, 0.5) is 4.39 Å². The van der Waals surface area contributed by atoms with E-state index in [2.05, 4.69) is 9.88 Å². The Bertz CT molecular complexity index is 582. The van der Waals surface area contributed by atoms with Crippen LogP contribution in [0.2, 0.25) is 0 Å². The second-order valence-corrected chi connectivity index (χ2v) is 5.97. The molecule has 1 heterocycles. The normalized spacial score (nSPS) is 12.9. The van der Waals surface area contributed by atoms with Gasteiger partial charge in [0.05, 0.1) is 11.2 Å². The molecule has 2 N–H and O–H groups in total. The summed E-state index contributed by atoms with van der Waals surface area (Å²) in [6, 6.07) is 4.88. The first-order valence-electron chi connectivity index (χ1n) is 6.58. The van der Waals surface area contributed by atoms with Crippen molar-refractivity contribution in [3.05, 3.63) is 51.2 Å². The number of thiazole rings is 1. The van der Waals surface area contributed by atoms with Gasteiger partial charge in [-0.05, 0) is 44.2 Å². The van der Waals surface area contributed by atoms with E-state index >= 15 is 0 Å². The Labute approximate surface area is 123 Å². The lowest BCUT2D eigenvalue weighted by Gasteiger charge is -2.28. The Morgan fingerprint density at radius 2 is 2.15 bits per heavy atom. The highest BCUT2D eigenvalue weighted by molar-refractivity contribution is 7.09. The number of nitrogens with zero attached hydrogens (tertiary/aromatic N) is 2. The first-order valence-corrected chi connectivity index (χ1v) is 7.46. The number of hydrogen-bond donors (Lipinski definition) is 1. The van der Waals surface area contributed by atoms with Crippen LogP contribution < -0.4 is 5.73 Å². The van der Waals surface area contributed by atoms with Crippen molar-refractivity contribution in [2.24, 2.45) is 5.73 Å². The first kappa shape index (κ1) is 15.1. The van der Waals surface area contributed by atoms with E-state index in [9.17, 15) is 4.39 Å². The van der Waals surface area contributed by atoms with Crippen molar-refractivity contribution in [3.63, 3.8) is 0 Å². The maximum Gasteiger partial charge on any atom is 0.123 e. The lowest BCUT2D eigenvalue weighted by Crippen LogP contribution is -2.30. The standard InChI is InChI=1S/C15H20FN3S/c1-10-4-5-12(16)6-13(10)14(7-17)19(3)8-15-11(2)18-9-20-15/h4-6,9,14H,7-8,17H2,1-3H3. The number of nitrogens with two attached hydrogens (primary N) is 1. The van der Waals surface area contributed by atoms with Crippen LogP contribution in [0.3, 0.4) is 0 Å². The maximum absolute atomic E-state index is 13.5. The lowest BCUT2D eigenvalue weighted by atomic mass is 10.00. The fraction of sp³-hybridized carbons (Fsp3) is 0.400. The summed E-state index contributed by atoms with van der Waals surface area (Å²) >= 11 is 1.64. The molecule has 0 saturated carbocycles. The van der Waals surface area contributed by atoms with Gasteiger partial charge in [-0.15, -0.1) is 11.3 Å². The van der Waals surface area contributed by atoms with E-state index in [0.717, 1.165) is 23.4 Å². The number of aryl methyl sites for hydroxylation is 2. The predicted octanol–water partition coefficient (Wildman–Crippen LogP) is 3.03. The van der Waals surface area contributed by atoms with Gasteiger partial charge in [-0.2, -0.15) is 0 Å². The molecule has 2 aromatic rings.